The minimum absolute atomic E-state index is 0.346. The van der Waals surface area contributed by atoms with Crippen molar-refractivity contribution in [2.45, 2.75) is 109 Å². The number of nitrogens with two attached hydrogens (primary N) is 1. The average Bonchev–Trinajstić information content (AvgIpc) is 2.34. The van der Waals surface area contributed by atoms with Crippen molar-refractivity contribution in [2.75, 3.05) is 0 Å². The summed E-state index contributed by atoms with van der Waals surface area (Å²) in [5.41, 5.74) is 7.63. The minimum Gasteiger partial charge on any atom is -0.327 e. The van der Waals surface area contributed by atoms with Gasteiger partial charge >= 0.3 is 0 Å². The smallest absolute Gasteiger partial charge is 0.0483 e. The Morgan fingerprint density at radius 2 is 1.38 bits per heavy atom. The van der Waals surface area contributed by atoms with Gasteiger partial charge in [0, 0.05) is 14.1 Å². The third-order valence-corrected chi connectivity index (χ3v) is 5.57. The van der Waals surface area contributed by atoms with E-state index in [1.54, 1.807) is 0 Å². The molecule has 2 heteroatoms. The SMILES string of the molecule is C=C(C[C@H](N)CCCCCCCCCCC)C[Si](C)(C)C. The molecule has 0 saturated heterocycles. The molecule has 0 radical (unpaired) electrons. The molecule has 2 N–H and O–H groups in total. The Kier molecular flexibility index (Phi) is 12.4. The highest BCUT2D eigenvalue weighted by molar-refractivity contribution is 6.76. The Hall–Kier alpha value is -0.0831. The zero-order valence-electron chi connectivity index (χ0n) is 15.3. The molecule has 0 heterocycles. The van der Waals surface area contributed by atoms with Gasteiger partial charge in [-0.3, -0.25) is 0 Å². The standard InChI is InChI=1S/C19H41NSi/c1-6-7-8-9-10-11-12-13-14-15-19(20)16-18(2)17-21(3,4)5/h19H,2,6-17,20H2,1,3-5H3/t19-/m1/s1. The molecule has 0 fully saturated rings. The van der Waals surface area contributed by atoms with Crippen molar-refractivity contribution >= 4 is 8.07 Å². The summed E-state index contributed by atoms with van der Waals surface area (Å²) in [6, 6.07) is 1.58. The summed E-state index contributed by atoms with van der Waals surface area (Å²) in [4.78, 5) is 0. The molecular formula is C19H41NSi. The van der Waals surface area contributed by atoms with Crippen molar-refractivity contribution in [1.82, 2.24) is 0 Å². The van der Waals surface area contributed by atoms with Crippen molar-refractivity contribution in [3.8, 4) is 0 Å². The molecule has 0 saturated carbocycles. The Bertz CT molecular complexity index is 255. The molecule has 0 aromatic heterocycles. The van der Waals surface area contributed by atoms with E-state index in [-0.39, 0.29) is 0 Å². The first-order valence-electron chi connectivity index (χ1n) is 9.27. The molecule has 1 nitrogen and oxygen atoms in total. The molecular weight excluding hydrogens is 270 g/mol. The number of unbranched alkanes of at least 4 members (excludes halogenated alkanes) is 8. The van der Waals surface area contributed by atoms with Crippen LogP contribution in [0.25, 0.3) is 0 Å². The summed E-state index contributed by atoms with van der Waals surface area (Å²) in [6.45, 7) is 13.7. The Morgan fingerprint density at radius 3 is 1.86 bits per heavy atom. The van der Waals surface area contributed by atoms with Gasteiger partial charge in [-0.15, -0.1) is 6.58 Å². The van der Waals surface area contributed by atoms with Crippen LogP contribution in [0.15, 0.2) is 12.2 Å². The molecule has 1 atom stereocenters. The van der Waals surface area contributed by atoms with E-state index in [2.05, 4.69) is 33.1 Å². The highest BCUT2D eigenvalue weighted by Gasteiger charge is 2.15. The predicted octanol–water partition coefficient (Wildman–Crippen LogP) is 6.52. The average molecular weight is 312 g/mol. The molecule has 0 aromatic carbocycles. The molecule has 0 rings (SSSR count). The highest BCUT2D eigenvalue weighted by atomic mass is 28.3. The van der Waals surface area contributed by atoms with Gasteiger partial charge in [-0.1, -0.05) is 89.9 Å². The number of rotatable bonds is 14. The summed E-state index contributed by atoms with van der Waals surface area (Å²) in [5.74, 6) is 0. The van der Waals surface area contributed by atoms with Crippen molar-refractivity contribution in [2.24, 2.45) is 5.73 Å². The Labute approximate surface area is 135 Å². The second kappa shape index (κ2) is 12.5. The molecule has 0 spiro atoms. The fourth-order valence-electron chi connectivity index (χ4n) is 3.01. The van der Waals surface area contributed by atoms with Crippen LogP contribution in [0.5, 0.6) is 0 Å². The largest absolute Gasteiger partial charge is 0.327 e. The monoisotopic (exact) mass is 311 g/mol. The van der Waals surface area contributed by atoms with E-state index >= 15 is 0 Å². The highest BCUT2D eigenvalue weighted by Crippen LogP contribution is 2.20. The number of hydrogen-bond acceptors (Lipinski definition) is 1. The second-order valence-electron chi connectivity index (χ2n) is 8.07. The van der Waals surface area contributed by atoms with Gasteiger partial charge in [0.2, 0.25) is 0 Å². The predicted molar refractivity (Wildman–Crippen MR) is 102 cm³/mol. The van der Waals surface area contributed by atoms with E-state index in [0.717, 1.165) is 6.42 Å². The topological polar surface area (TPSA) is 26.0 Å². The van der Waals surface area contributed by atoms with Gasteiger partial charge in [-0.2, -0.15) is 0 Å². The van der Waals surface area contributed by atoms with E-state index in [4.69, 9.17) is 5.73 Å². The van der Waals surface area contributed by atoms with Crippen molar-refractivity contribution < 1.29 is 0 Å². The maximum absolute atomic E-state index is 6.24. The molecule has 0 unspecified atom stereocenters. The third kappa shape index (κ3) is 16.1. The molecule has 0 bridgehead atoms. The van der Waals surface area contributed by atoms with Gasteiger partial charge in [0.15, 0.2) is 0 Å². The van der Waals surface area contributed by atoms with Crippen LogP contribution in [0.1, 0.15) is 77.6 Å². The van der Waals surface area contributed by atoms with Crippen LogP contribution in [0.4, 0.5) is 0 Å². The van der Waals surface area contributed by atoms with Crippen LogP contribution < -0.4 is 5.73 Å². The van der Waals surface area contributed by atoms with Crippen LogP contribution >= 0.6 is 0 Å². The van der Waals surface area contributed by atoms with Crippen LogP contribution in [-0.4, -0.2) is 14.1 Å². The van der Waals surface area contributed by atoms with Gasteiger partial charge in [0.1, 0.15) is 0 Å². The molecule has 0 aliphatic rings. The fraction of sp³-hybridized carbons (Fsp3) is 0.895. The van der Waals surface area contributed by atoms with Crippen LogP contribution in [0.3, 0.4) is 0 Å². The summed E-state index contributed by atoms with van der Waals surface area (Å²) in [5, 5.41) is 0. The van der Waals surface area contributed by atoms with E-state index in [0.29, 0.717) is 6.04 Å². The molecule has 0 aromatic rings. The summed E-state index contributed by atoms with van der Waals surface area (Å²) < 4.78 is 0. The van der Waals surface area contributed by atoms with E-state index < -0.39 is 8.07 Å². The van der Waals surface area contributed by atoms with Crippen LogP contribution in [0.2, 0.25) is 25.7 Å². The molecule has 0 amide bonds. The maximum Gasteiger partial charge on any atom is 0.0483 e. The lowest BCUT2D eigenvalue weighted by atomic mass is 10.0. The Morgan fingerprint density at radius 1 is 0.905 bits per heavy atom. The van der Waals surface area contributed by atoms with Crippen molar-refractivity contribution in [1.29, 1.82) is 0 Å². The zero-order chi connectivity index (χ0) is 16.1. The first-order chi connectivity index (χ1) is 9.85. The number of hydrogen-bond donors (Lipinski definition) is 1. The molecule has 0 aliphatic heterocycles. The van der Waals surface area contributed by atoms with E-state index in [1.165, 1.54) is 75.8 Å². The second-order valence-corrected chi connectivity index (χ2v) is 13.5. The first-order valence-corrected chi connectivity index (χ1v) is 13.0. The molecule has 21 heavy (non-hydrogen) atoms. The normalized spacial score (nSPS) is 13.4. The maximum atomic E-state index is 6.24. The van der Waals surface area contributed by atoms with E-state index in [1.807, 2.05) is 0 Å². The van der Waals surface area contributed by atoms with Crippen LogP contribution in [0, 0.1) is 0 Å². The zero-order valence-corrected chi connectivity index (χ0v) is 16.3. The van der Waals surface area contributed by atoms with Gasteiger partial charge in [0.05, 0.1) is 0 Å². The van der Waals surface area contributed by atoms with Gasteiger partial charge < -0.3 is 5.73 Å². The first kappa shape index (κ1) is 20.9. The fourth-order valence-corrected chi connectivity index (χ4v) is 4.66. The van der Waals surface area contributed by atoms with Crippen molar-refractivity contribution in [3.05, 3.63) is 12.2 Å². The molecule has 0 aliphatic carbocycles. The van der Waals surface area contributed by atoms with E-state index in [9.17, 15) is 0 Å². The summed E-state index contributed by atoms with van der Waals surface area (Å²) in [7, 11) is -1.01. The van der Waals surface area contributed by atoms with Crippen molar-refractivity contribution in [3.63, 3.8) is 0 Å². The lowest BCUT2D eigenvalue weighted by Crippen LogP contribution is -2.24. The quantitative estimate of drug-likeness (QED) is 0.220. The Balaban J connectivity index is 3.41. The molecule has 126 valence electrons. The lowest BCUT2D eigenvalue weighted by Gasteiger charge is -2.20. The summed E-state index contributed by atoms with van der Waals surface area (Å²) in [6.07, 6.45) is 14.8. The van der Waals surface area contributed by atoms with Gasteiger partial charge in [-0.25, -0.2) is 0 Å². The van der Waals surface area contributed by atoms with Gasteiger partial charge in [0.25, 0.3) is 0 Å². The third-order valence-electron chi connectivity index (χ3n) is 4.01. The lowest BCUT2D eigenvalue weighted by molar-refractivity contribution is 0.521. The van der Waals surface area contributed by atoms with Crippen LogP contribution in [-0.2, 0) is 0 Å². The minimum atomic E-state index is -1.01. The summed E-state index contributed by atoms with van der Waals surface area (Å²) >= 11 is 0. The van der Waals surface area contributed by atoms with Gasteiger partial charge in [-0.05, 0) is 18.9 Å².